The fraction of sp³-hybridized carbons (Fsp3) is 0.263. The molecule has 0 radical (unpaired) electrons. The van der Waals surface area contributed by atoms with Crippen LogP contribution >= 0.6 is 0 Å². The first kappa shape index (κ1) is 17.0. The number of halogens is 1. The molecule has 3 rings (SSSR count). The summed E-state index contributed by atoms with van der Waals surface area (Å²) in [6.45, 7) is 0.232. The number of amides is 1. The third-order valence-corrected chi connectivity index (χ3v) is 4.37. The fourth-order valence-electron chi connectivity index (χ4n) is 2.94. The summed E-state index contributed by atoms with van der Waals surface area (Å²) >= 11 is 0. The Labute approximate surface area is 144 Å². The smallest absolute Gasteiger partial charge is 0.339 e. The molecule has 1 aliphatic rings. The SMILES string of the molecule is COc1ccc(CNC(=O)C2CC2c2cccc(F)c2)cc1C(=O)O. The van der Waals surface area contributed by atoms with Crippen LogP contribution < -0.4 is 10.1 Å². The zero-order valence-electron chi connectivity index (χ0n) is 13.7. The van der Waals surface area contributed by atoms with Gasteiger partial charge in [-0.05, 0) is 47.7 Å². The van der Waals surface area contributed by atoms with Crippen LogP contribution in [0.2, 0.25) is 0 Å². The zero-order chi connectivity index (χ0) is 18.0. The van der Waals surface area contributed by atoms with Gasteiger partial charge in [0, 0.05) is 12.5 Å². The van der Waals surface area contributed by atoms with Crippen molar-refractivity contribution in [2.45, 2.75) is 18.9 Å². The van der Waals surface area contributed by atoms with Gasteiger partial charge in [0.2, 0.25) is 5.91 Å². The molecular formula is C19H18FNO4. The van der Waals surface area contributed by atoms with E-state index in [0.29, 0.717) is 12.0 Å². The molecule has 2 aromatic carbocycles. The summed E-state index contributed by atoms with van der Waals surface area (Å²) in [5, 5.41) is 12.0. The molecular weight excluding hydrogens is 325 g/mol. The molecule has 1 saturated carbocycles. The second-order valence-corrected chi connectivity index (χ2v) is 6.06. The minimum atomic E-state index is -1.08. The van der Waals surface area contributed by atoms with Crippen molar-refractivity contribution in [1.82, 2.24) is 5.32 Å². The van der Waals surface area contributed by atoms with Crippen molar-refractivity contribution in [1.29, 1.82) is 0 Å². The van der Waals surface area contributed by atoms with E-state index in [1.807, 2.05) is 6.07 Å². The van der Waals surface area contributed by atoms with Gasteiger partial charge in [-0.25, -0.2) is 9.18 Å². The number of nitrogens with one attached hydrogen (secondary N) is 1. The molecule has 1 fully saturated rings. The molecule has 2 unspecified atom stereocenters. The van der Waals surface area contributed by atoms with Gasteiger partial charge in [-0.3, -0.25) is 4.79 Å². The minimum Gasteiger partial charge on any atom is -0.496 e. The van der Waals surface area contributed by atoms with Crippen molar-refractivity contribution in [2.24, 2.45) is 5.92 Å². The van der Waals surface area contributed by atoms with E-state index in [2.05, 4.69) is 5.32 Å². The number of carbonyl (C=O) groups excluding carboxylic acids is 1. The lowest BCUT2D eigenvalue weighted by Gasteiger charge is -2.09. The number of hydrogen-bond acceptors (Lipinski definition) is 3. The third kappa shape index (κ3) is 3.79. The van der Waals surface area contributed by atoms with Crippen LogP contribution in [0.5, 0.6) is 5.75 Å². The van der Waals surface area contributed by atoms with Crippen LogP contribution in [0.3, 0.4) is 0 Å². The van der Waals surface area contributed by atoms with Crippen LogP contribution in [-0.4, -0.2) is 24.1 Å². The van der Waals surface area contributed by atoms with E-state index in [0.717, 1.165) is 5.56 Å². The second-order valence-electron chi connectivity index (χ2n) is 6.06. The third-order valence-electron chi connectivity index (χ3n) is 4.37. The van der Waals surface area contributed by atoms with E-state index in [4.69, 9.17) is 4.74 Å². The van der Waals surface area contributed by atoms with Crippen LogP contribution in [0, 0.1) is 11.7 Å². The van der Waals surface area contributed by atoms with E-state index >= 15 is 0 Å². The Kier molecular flexibility index (Phi) is 4.70. The van der Waals surface area contributed by atoms with Crippen molar-refractivity contribution in [3.05, 3.63) is 65.0 Å². The van der Waals surface area contributed by atoms with Crippen LogP contribution in [0.1, 0.15) is 33.8 Å². The summed E-state index contributed by atoms with van der Waals surface area (Å²) in [4.78, 5) is 23.5. The van der Waals surface area contributed by atoms with E-state index in [1.54, 1.807) is 18.2 Å². The van der Waals surface area contributed by atoms with Gasteiger partial charge in [-0.15, -0.1) is 0 Å². The fourth-order valence-corrected chi connectivity index (χ4v) is 2.94. The summed E-state index contributed by atoms with van der Waals surface area (Å²) in [6, 6.07) is 11.1. The number of carboxylic acid groups (broad SMARTS) is 1. The maximum absolute atomic E-state index is 13.3. The quantitative estimate of drug-likeness (QED) is 0.845. The van der Waals surface area contributed by atoms with Crippen molar-refractivity contribution < 1.29 is 23.8 Å². The number of hydrogen-bond donors (Lipinski definition) is 2. The molecule has 1 aliphatic carbocycles. The predicted molar refractivity (Wildman–Crippen MR) is 89.0 cm³/mol. The summed E-state index contributed by atoms with van der Waals surface area (Å²) in [6.07, 6.45) is 0.693. The van der Waals surface area contributed by atoms with E-state index < -0.39 is 5.97 Å². The highest BCUT2D eigenvalue weighted by Crippen LogP contribution is 2.47. The summed E-state index contributed by atoms with van der Waals surface area (Å²) in [7, 11) is 1.41. The van der Waals surface area contributed by atoms with Crippen LogP contribution in [-0.2, 0) is 11.3 Å². The second kappa shape index (κ2) is 6.93. The molecule has 0 heterocycles. The number of carboxylic acids is 1. The Hall–Kier alpha value is -2.89. The first-order valence-corrected chi connectivity index (χ1v) is 7.93. The number of rotatable bonds is 6. The molecule has 0 aliphatic heterocycles. The average molecular weight is 343 g/mol. The molecule has 0 spiro atoms. The van der Waals surface area contributed by atoms with Crippen LogP contribution in [0.25, 0.3) is 0 Å². The van der Waals surface area contributed by atoms with Crippen molar-refractivity contribution in [2.75, 3.05) is 7.11 Å². The molecule has 6 heteroatoms. The van der Waals surface area contributed by atoms with E-state index in [-0.39, 0.29) is 41.4 Å². The maximum Gasteiger partial charge on any atom is 0.339 e. The van der Waals surface area contributed by atoms with Gasteiger partial charge in [0.1, 0.15) is 17.1 Å². The molecule has 0 saturated heterocycles. The zero-order valence-corrected chi connectivity index (χ0v) is 13.7. The molecule has 0 bridgehead atoms. The monoisotopic (exact) mass is 343 g/mol. The highest BCUT2D eigenvalue weighted by Gasteiger charge is 2.43. The Morgan fingerprint density at radius 2 is 2.08 bits per heavy atom. The van der Waals surface area contributed by atoms with E-state index in [1.165, 1.54) is 25.3 Å². The lowest BCUT2D eigenvalue weighted by Crippen LogP contribution is -2.25. The van der Waals surface area contributed by atoms with Crippen LogP contribution in [0.15, 0.2) is 42.5 Å². The van der Waals surface area contributed by atoms with Crippen molar-refractivity contribution >= 4 is 11.9 Å². The highest BCUT2D eigenvalue weighted by atomic mass is 19.1. The van der Waals surface area contributed by atoms with Gasteiger partial charge >= 0.3 is 5.97 Å². The summed E-state index contributed by atoms with van der Waals surface area (Å²) < 4.78 is 18.3. The van der Waals surface area contributed by atoms with Gasteiger partial charge in [0.25, 0.3) is 0 Å². The minimum absolute atomic E-state index is 0.0427. The largest absolute Gasteiger partial charge is 0.496 e. The van der Waals surface area contributed by atoms with Crippen molar-refractivity contribution in [3.63, 3.8) is 0 Å². The Bertz CT molecular complexity index is 821. The first-order valence-electron chi connectivity index (χ1n) is 7.93. The van der Waals surface area contributed by atoms with Crippen molar-refractivity contribution in [3.8, 4) is 5.75 Å². The molecule has 5 nitrogen and oxygen atoms in total. The van der Waals surface area contributed by atoms with Gasteiger partial charge in [-0.1, -0.05) is 18.2 Å². The molecule has 0 aromatic heterocycles. The van der Waals surface area contributed by atoms with Crippen LogP contribution in [0.4, 0.5) is 4.39 Å². The van der Waals surface area contributed by atoms with Gasteiger partial charge in [0.05, 0.1) is 7.11 Å². The molecule has 2 N–H and O–H groups in total. The Morgan fingerprint density at radius 1 is 1.28 bits per heavy atom. The standard InChI is InChI=1S/C19H18FNO4/c1-25-17-6-5-11(7-16(17)19(23)24)10-21-18(22)15-9-14(15)12-3-2-4-13(20)8-12/h2-8,14-15H,9-10H2,1H3,(H,21,22)(H,23,24). The normalized spacial score (nSPS) is 18.5. The molecule has 1 amide bonds. The molecule has 2 aromatic rings. The van der Waals surface area contributed by atoms with E-state index in [9.17, 15) is 19.1 Å². The Morgan fingerprint density at radius 3 is 2.76 bits per heavy atom. The average Bonchev–Trinajstić information content (AvgIpc) is 3.40. The molecule has 130 valence electrons. The lowest BCUT2D eigenvalue weighted by atomic mass is 10.1. The Balaban J connectivity index is 1.60. The number of aromatic carboxylic acids is 1. The van der Waals surface area contributed by atoms with Gasteiger partial charge in [0.15, 0.2) is 0 Å². The van der Waals surface area contributed by atoms with Gasteiger partial charge in [-0.2, -0.15) is 0 Å². The molecule has 25 heavy (non-hydrogen) atoms. The summed E-state index contributed by atoms with van der Waals surface area (Å²) in [5.41, 5.74) is 1.56. The topological polar surface area (TPSA) is 75.6 Å². The lowest BCUT2D eigenvalue weighted by molar-refractivity contribution is -0.122. The number of methoxy groups -OCH3 is 1. The highest BCUT2D eigenvalue weighted by molar-refractivity contribution is 5.91. The number of benzene rings is 2. The van der Waals surface area contributed by atoms with Gasteiger partial charge < -0.3 is 15.2 Å². The summed E-state index contributed by atoms with van der Waals surface area (Å²) in [5.74, 6) is -1.35. The first-order chi connectivity index (χ1) is 12.0. The predicted octanol–water partition coefficient (Wildman–Crippen LogP) is 2.95. The molecule has 2 atom stereocenters. The number of ether oxygens (including phenoxy) is 1. The maximum atomic E-state index is 13.3. The number of carbonyl (C=O) groups is 2.